The van der Waals surface area contributed by atoms with Gasteiger partial charge in [-0.15, -0.1) is 0 Å². The van der Waals surface area contributed by atoms with Gasteiger partial charge in [-0.3, -0.25) is 9.59 Å². The van der Waals surface area contributed by atoms with Crippen molar-refractivity contribution in [3.8, 4) is 0 Å². The summed E-state index contributed by atoms with van der Waals surface area (Å²) in [7, 11) is -3.61. The van der Waals surface area contributed by atoms with Crippen LogP contribution in [-0.4, -0.2) is 38.5 Å². The molecule has 110 valence electrons. The Hall–Kier alpha value is -1.93. The third-order valence-electron chi connectivity index (χ3n) is 2.36. The number of carbonyl (C=O) groups is 2. The molecular weight excluding hydrogens is 284 g/mol. The summed E-state index contributed by atoms with van der Waals surface area (Å²) in [6.07, 6.45) is -0.215. The topological polar surface area (TPSA) is 113 Å². The molecule has 0 aliphatic carbocycles. The minimum atomic E-state index is -3.61. The van der Waals surface area contributed by atoms with Crippen LogP contribution in [0.3, 0.4) is 0 Å². The molecule has 0 atom stereocenters. The molecule has 0 spiro atoms. The molecule has 0 saturated carbocycles. The zero-order valence-corrected chi connectivity index (χ0v) is 11.5. The Morgan fingerprint density at radius 2 is 1.70 bits per heavy atom. The quantitative estimate of drug-likeness (QED) is 0.623. The van der Waals surface area contributed by atoms with E-state index in [4.69, 9.17) is 5.11 Å². The van der Waals surface area contributed by atoms with Crippen LogP contribution in [0.2, 0.25) is 0 Å². The Morgan fingerprint density at radius 1 is 1.05 bits per heavy atom. The third kappa shape index (κ3) is 5.81. The van der Waals surface area contributed by atoms with Crippen LogP contribution >= 0.6 is 0 Å². The van der Waals surface area contributed by atoms with Gasteiger partial charge in [0.05, 0.1) is 11.3 Å². The Bertz CT molecular complexity index is 556. The Kier molecular flexibility index (Phi) is 6.13. The van der Waals surface area contributed by atoms with Gasteiger partial charge in [-0.25, -0.2) is 13.1 Å². The number of hydrogen-bond donors (Lipinski definition) is 3. The summed E-state index contributed by atoms with van der Waals surface area (Å²) >= 11 is 0. The largest absolute Gasteiger partial charge is 0.481 e. The first-order valence-corrected chi connectivity index (χ1v) is 7.43. The Morgan fingerprint density at radius 3 is 2.30 bits per heavy atom. The molecule has 0 saturated heterocycles. The highest BCUT2D eigenvalue weighted by atomic mass is 32.2. The second-order valence-corrected chi connectivity index (χ2v) is 5.72. The fourth-order valence-corrected chi connectivity index (χ4v) is 2.43. The van der Waals surface area contributed by atoms with E-state index in [9.17, 15) is 18.0 Å². The number of carbonyl (C=O) groups excluding carboxylic acids is 1. The van der Waals surface area contributed by atoms with Crippen molar-refractivity contribution in [1.82, 2.24) is 10.0 Å². The average molecular weight is 300 g/mol. The van der Waals surface area contributed by atoms with Gasteiger partial charge in [-0.05, 0) is 12.1 Å². The molecule has 0 heterocycles. The minimum absolute atomic E-state index is 0.0274. The fourth-order valence-electron chi connectivity index (χ4n) is 1.38. The summed E-state index contributed by atoms with van der Waals surface area (Å²) in [5.74, 6) is -1.41. The predicted octanol–water partition coefficient (Wildman–Crippen LogP) is -0.0541. The van der Waals surface area contributed by atoms with Gasteiger partial charge in [-0.2, -0.15) is 0 Å². The van der Waals surface area contributed by atoms with E-state index >= 15 is 0 Å². The Balaban J connectivity index is 2.33. The van der Waals surface area contributed by atoms with Crippen LogP contribution in [0, 0.1) is 0 Å². The molecule has 8 heteroatoms. The van der Waals surface area contributed by atoms with Crippen LogP contribution in [0.5, 0.6) is 0 Å². The van der Waals surface area contributed by atoms with Crippen LogP contribution in [-0.2, 0) is 19.6 Å². The van der Waals surface area contributed by atoms with Crippen molar-refractivity contribution in [2.24, 2.45) is 0 Å². The molecule has 3 N–H and O–H groups in total. The lowest BCUT2D eigenvalue weighted by atomic mass is 10.4. The smallest absolute Gasteiger partial charge is 0.305 e. The van der Waals surface area contributed by atoms with Gasteiger partial charge in [0, 0.05) is 19.5 Å². The lowest BCUT2D eigenvalue weighted by Gasteiger charge is -2.07. The molecule has 1 amide bonds. The van der Waals surface area contributed by atoms with Gasteiger partial charge in [0.25, 0.3) is 0 Å². The number of nitrogens with one attached hydrogen (secondary N) is 2. The van der Waals surface area contributed by atoms with E-state index in [0.29, 0.717) is 0 Å². The minimum Gasteiger partial charge on any atom is -0.481 e. The maximum Gasteiger partial charge on any atom is 0.305 e. The highest BCUT2D eigenvalue weighted by Gasteiger charge is 2.13. The summed E-state index contributed by atoms with van der Waals surface area (Å²) in [6, 6.07) is 7.82. The molecule has 0 aliphatic rings. The molecule has 0 unspecified atom stereocenters. The van der Waals surface area contributed by atoms with Crippen LogP contribution in [0.1, 0.15) is 12.8 Å². The predicted molar refractivity (Wildman–Crippen MR) is 71.5 cm³/mol. The van der Waals surface area contributed by atoms with Crippen molar-refractivity contribution < 1.29 is 23.1 Å². The number of benzene rings is 1. The van der Waals surface area contributed by atoms with Gasteiger partial charge in [0.2, 0.25) is 15.9 Å². The van der Waals surface area contributed by atoms with Crippen LogP contribution in [0.25, 0.3) is 0 Å². The molecule has 1 rings (SSSR count). The maximum atomic E-state index is 11.8. The molecular formula is C12H16N2O5S. The number of sulfonamides is 1. The average Bonchev–Trinajstić information content (AvgIpc) is 2.39. The second kappa shape index (κ2) is 7.61. The highest BCUT2D eigenvalue weighted by molar-refractivity contribution is 7.89. The SMILES string of the molecule is O=C(O)CCNC(=O)CCNS(=O)(=O)c1ccccc1. The number of aliphatic carboxylic acids is 1. The number of carboxylic acids is 1. The highest BCUT2D eigenvalue weighted by Crippen LogP contribution is 2.06. The van der Waals surface area contributed by atoms with Crippen LogP contribution in [0.4, 0.5) is 0 Å². The lowest BCUT2D eigenvalue weighted by molar-refractivity contribution is -0.136. The molecule has 1 aromatic rings. The molecule has 0 bridgehead atoms. The lowest BCUT2D eigenvalue weighted by Crippen LogP contribution is -2.31. The molecule has 1 aromatic carbocycles. The van der Waals surface area contributed by atoms with E-state index in [2.05, 4.69) is 10.0 Å². The first kappa shape index (κ1) is 16.1. The monoisotopic (exact) mass is 300 g/mol. The fraction of sp³-hybridized carbons (Fsp3) is 0.333. The molecule has 0 fully saturated rings. The summed E-state index contributed by atoms with van der Waals surface area (Å²) in [6.45, 7) is -0.0181. The van der Waals surface area contributed by atoms with Crippen molar-refractivity contribution in [2.75, 3.05) is 13.1 Å². The zero-order chi connectivity index (χ0) is 15.0. The zero-order valence-electron chi connectivity index (χ0n) is 10.7. The van der Waals surface area contributed by atoms with Gasteiger partial charge in [0.15, 0.2) is 0 Å². The first-order valence-electron chi connectivity index (χ1n) is 5.95. The number of amides is 1. The number of rotatable bonds is 8. The molecule has 20 heavy (non-hydrogen) atoms. The molecule has 0 aliphatic heterocycles. The van der Waals surface area contributed by atoms with E-state index in [1.807, 2.05) is 0 Å². The van der Waals surface area contributed by atoms with Crippen molar-refractivity contribution >= 4 is 21.9 Å². The summed E-state index contributed by atoms with van der Waals surface area (Å²) in [4.78, 5) is 21.7. The van der Waals surface area contributed by atoms with Crippen molar-refractivity contribution in [1.29, 1.82) is 0 Å². The van der Waals surface area contributed by atoms with E-state index < -0.39 is 21.9 Å². The summed E-state index contributed by atoms with van der Waals surface area (Å²) in [5, 5.41) is 10.8. The Labute approximate surface area is 117 Å². The van der Waals surface area contributed by atoms with Gasteiger partial charge >= 0.3 is 5.97 Å². The van der Waals surface area contributed by atoms with Gasteiger partial charge in [0.1, 0.15) is 0 Å². The summed E-state index contributed by atoms with van der Waals surface area (Å²) < 4.78 is 25.9. The molecule has 0 radical (unpaired) electrons. The summed E-state index contributed by atoms with van der Waals surface area (Å²) in [5.41, 5.74) is 0. The van der Waals surface area contributed by atoms with E-state index in [1.165, 1.54) is 12.1 Å². The van der Waals surface area contributed by atoms with E-state index in [1.54, 1.807) is 18.2 Å². The van der Waals surface area contributed by atoms with Gasteiger partial charge in [-0.1, -0.05) is 18.2 Å². The standard InChI is InChI=1S/C12H16N2O5S/c15-11(13-8-7-12(16)17)6-9-14-20(18,19)10-4-2-1-3-5-10/h1-5,14H,6-9H2,(H,13,15)(H,16,17). The van der Waals surface area contributed by atoms with E-state index in [-0.39, 0.29) is 30.8 Å². The van der Waals surface area contributed by atoms with Crippen LogP contribution < -0.4 is 10.0 Å². The normalized spacial score (nSPS) is 11.0. The second-order valence-electron chi connectivity index (χ2n) is 3.95. The van der Waals surface area contributed by atoms with Crippen molar-refractivity contribution in [3.63, 3.8) is 0 Å². The van der Waals surface area contributed by atoms with E-state index in [0.717, 1.165) is 0 Å². The maximum absolute atomic E-state index is 11.8. The third-order valence-corrected chi connectivity index (χ3v) is 3.84. The van der Waals surface area contributed by atoms with Crippen molar-refractivity contribution in [2.45, 2.75) is 17.7 Å². The van der Waals surface area contributed by atoms with Crippen molar-refractivity contribution in [3.05, 3.63) is 30.3 Å². The number of hydrogen-bond acceptors (Lipinski definition) is 4. The number of carboxylic acid groups (broad SMARTS) is 1. The molecule has 0 aromatic heterocycles. The molecule has 7 nitrogen and oxygen atoms in total. The van der Waals surface area contributed by atoms with Gasteiger partial charge < -0.3 is 10.4 Å². The van der Waals surface area contributed by atoms with Crippen LogP contribution in [0.15, 0.2) is 35.2 Å². The first-order chi connectivity index (χ1) is 9.42.